The van der Waals surface area contributed by atoms with Crippen LogP contribution in [0.15, 0.2) is 23.4 Å². The molecule has 1 heterocycles. The van der Waals surface area contributed by atoms with Gasteiger partial charge in [0.1, 0.15) is 0 Å². The Morgan fingerprint density at radius 3 is 2.63 bits per heavy atom. The largest absolute Gasteiger partial charge is 0.417 e. The maximum atomic E-state index is 12.3. The molecule has 3 N–H and O–H groups in total. The Morgan fingerprint density at radius 2 is 2.11 bits per heavy atom. The van der Waals surface area contributed by atoms with Crippen LogP contribution in [-0.2, 0) is 11.0 Å². The number of aromatic nitrogens is 1. The first-order chi connectivity index (χ1) is 8.93. The van der Waals surface area contributed by atoms with E-state index in [1.807, 2.05) is 5.43 Å². The third-order valence-electron chi connectivity index (χ3n) is 2.27. The first-order valence-corrected chi connectivity index (χ1v) is 6.57. The van der Waals surface area contributed by atoms with Crippen molar-refractivity contribution in [2.24, 2.45) is 5.84 Å². The predicted molar refractivity (Wildman–Crippen MR) is 66.1 cm³/mol. The van der Waals surface area contributed by atoms with Gasteiger partial charge in [0.25, 0.3) is 0 Å². The third kappa shape index (κ3) is 5.93. The normalized spacial score (nSPS) is 11.4. The molecule has 19 heavy (non-hydrogen) atoms. The Bertz CT molecular complexity index is 409. The van der Waals surface area contributed by atoms with Crippen LogP contribution in [0, 0.1) is 0 Å². The molecule has 0 fully saturated rings. The van der Waals surface area contributed by atoms with Gasteiger partial charge in [-0.1, -0.05) is 0 Å². The highest BCUT2D eigenvalue weighted by Crippen LogP contribution is 2.29. The number of hydrogen-bond donors (Lipinski definition) is 2. The molecule has 1 amide bonds. The quantitative estimate of drug-likeness (QED) is 0.278. The van der Waals surface area contributed by atoms with Crippen molar-refractivity contribution in [2.45, 2.75) is 30.5 Å². The molecule has 0 radical (unpaired) electrons. The van der Waals surface area contributed by atoms with Crippen LogP contribution in [0.1, 0.15) is 24.8 Å². The summed E-state index contributed by atoms with van der Waals surface area (Å²) in [7, 11) is 0. The molecule has 0 aliphatic carbocycles. The number of halogens is 3. The number of carbonyl (C=O) groups excluding carboxylic acids is 1. The molecule has 0 aliphatic heterocycles. The molecule has 0 saturated heterocycles. The summed E-state index contributed by atoms with van der Waals surface area (Å²) in [4.78, 5) is 14.6. The van der Waals surface area contributed by atoms with E-state index in [0.717, 1.165) is 18.7 Å². The zero-order valence-corrected chi connectivity index (χ0v) is 10.9. The van der Waals surface area contributed by atoms with Gasteiger partial charge in [0, 0.05) is 12.6 Å². The summed E-state index contributed by atoms with van der Waals surface area (Å²) in [5.74, 6) is 5.39. The second kappa shape index (κ2) is 7.34. The lowest BCUT2D eigenvalue weighted by Gasteiger charge is -2.06. The molecule has 0 aliphatic rings. The highest BCUT2D eigenvalue weighted by Gasteiger charge is 2.30. The van der Waals surface area contributed by atoms with E-state index in [1.165, 1.54) is 17.8 Å². The van der Waals surface area contributed by atoms with Crippen LogP contribution >= 0.6 is 11.8 Å². The first-order valence-electron chi connectivity index (χ1n) is 5.59. The molecule has 1 aromatic heterocycles. The van der Waals surface area contributed by atoms with Crippen molar-refractivity contribution >= 4 is 17.7 Å². The molecule has 106 valence electrons. The molecule has 0 bridgehead atoms. The molecule has 8 heteroatoms. The van der Waals surface area contributed by atoms with Crippen molar-refractivity contribution in [3.63, 3.8) is 0 Å². The van der Waals surface area contributed by atoms with Crippen molar-refractivity contribution in [3.05, 3.63) is 23.9 Å². The third-order valence-corrected chi connectivity index (χ3v) is 3.30. The number of hydrogen-bond acceptors (Lipinski definition) is 4. The Balaban J connectivity index is 2.29. The number of nitrogens with one attached hydrogen (secondary N) is 1. The van der Waals surface area contributed by atoms with E-state index >= 15 is 0 Å². The van der Waals surface area contributed by atoms with Gasteiger partial charge in [0.2, 0.25) is 5.91 Å². The number of thioether (sulfide) groups is 1. The first kappa shape index (κ1) is 15.8. The second-order valence-electron chi connectivity index (χ2n) is 3.76. The number of carbonyl (C=O) groups is 1. The Labute approximate surface area is 112 Å². The van der Waals surface area contributed by atoms with Crippen molar-refractivity contribution in [3.8, 4) is 0 Å². The number of rotatable bonds is 6. The highest BCUT2D eigenvalue weighted by molar-refractivity contribution is 7.99. The van der Waals surface area contributed by atoms with Crippen LogP contribution in [0.5, 0.6) is 0 Å². The fraction of sp³-hybridized carbons (Fsp3) is 0.455. The number of amides is 1. The maximum Gasteiger partial charge on any atom is 0.417 e. The fourth-order valence-electron chi connectivity index (χ4n) is 1.27. The van der Waals surface area contributed by atoms with E-state index in [-0.39, 0.29) is 5.91 Å². The number of nitrogens with zero attached hydrogens (tertiary/aromatic N) is 1. The second-order valence-corrected chi connectivity index (χ2v) is 4.87. The smallest absolute Gasteiger partial charge is 0.294 e. The minimum atomic E-state index is -4.36. The summed E-state index contributed by atoms with van der Waals surface area (Å²) in [6, 6.07) is 2.36. The summed E-state index contributed by atoms with van der Waals surface area (Å²) in [6.07, 6.45) is -1.75. The average Bonchev–Trinajstić information content (AvgIpc) is 2.37. The van der Waals surface area contributed by atoms with Crippen LogP contribution in [0.25, 0.3) is 0 Å². The van der Waals surface area contributed by atoms with E-state index in [1.54, 1.807) is 0 Å². The SMILES string of the molecule is NNC(=O)CCCCSc1ccc(C(F)(F)F)cn1. The summed E-state index contributed by atoms with van der Waals surface area (Å²) >= 11 is 1.36. The van der Waals surface area contributed by atoms with E-state index in [2.05, 4.69) is 4.98 Å². The van der Waals surface area contributed by atoms with Gasteiger partial charge in [0.15, 0.2) is 0 Å². The van der Waals surface area contributed by atoms with Crippen LogP contribution in [0.2, 0.25) is 0 Å². The van der Waals surface area contributed by atoms with Crippen molar-refractivity contribution < 1.29 is 18.0 Å². The molecule has 1 aromatic rings. The maximum absolute atomic E-state index is 12.3. The minimum absolute atomic E-state index is 0.224. The van der Waals surface area contributed by atoms with Gasteiger partial charge in [-0.05, 0) is 30.7 Å². The van der Waals surface area contributed by atoms with Crippen molar-refractivity contribution in [1.29, 1.82) is 0 Å². The average molecular weight is 293 g/mol. The predicted octanol–water partition coefficient (Wildman–Crippen LogP) is 2.35. The molecule has 0 unspecified atom stereocenters. The summed E-state index contributed by atoms with van der Waals surface area (Å²) in [5.41, 5.74) is 1.28. The molecule has 0 spiro atoms. The van der Waals surface area contributed by atoms with Gasteiger partial charge in [-0.3, -0.25) is 10.2 Å². The number of nitrogens with two attached hydrogens (primary N) is 1. The highest BCUT2D eigenvalue weighted by atomic mass is 32.2. The molecule has 1 rings (SSSR count). The Hall–Kier alpha value is -1.28. The lowest BCUT2D eigenvalue weighted by molar-refractivity contribution is -0.137. The molecule has 0 saturated carbocycles. The van der Waals surface area contributed by atoms with Crippen molar-refractivity contribution in [2.75, 3.05) is 5.75 Å². The lowest BCUT2D eigenvalue weighted by Crippen LogP contribution is -2.29. The molecule has 0 aromatic carbocycles. The van der Waals surface area contributed by atoms with Crippen molar-refractivity contribution in [1.82, 2.24) is 10.4 Å². The van der Waals surface area contributed by atoms with E-state index in [4.69, 9.17) is 5.84 Å². The molecular formula is C11H14F3N3OS. The van der Waals surface area contributed by atoms with Gasteiger partial charge in [-0.25, -0.2) is 10.8 Å². The molecule has 0 atom stereocenters. The van der Waals surface area contributed by atoms with Gasteiger partial charge < -0.3 is 0 Å². The van der Waals surface area contributed by atoms with E-state index < -0.39 is 11.7 Å². The Morgan fingerprint density at radius 1 is 1.37 bits per heavy atom. The van der Waals surface area contributed by atoms with E-state index in [0.29, 0.717) is 23.6 Å². The van der Waals surface area contributed by atoms with Crippen LogP contribution < -0.4 is 11.3 Å². The van der Waals surface area contributed by atoms with Crippen LogP contribution in [0.4, 0.5) is 13.2 Å². The van der Waals surface area contributed by atoms with E-state index in [9.17, 15) is 18.0 Å². The zero-order valence-electron chi connectivity index (χ0n) is 10.0. The lowest BCUT2D eigenvalue weighted by atomic mass is 10.2. The number of pyridine rings is 1. The van der Waals surface area contributed by atoms with Gasteiger partial charge in [0.05, 0.1) is 10.6 Å². The zero-order chi connectivity index (χ0) is 14.3. The van der Waals surface area contributed by atoms with Gasteiger partial charge in [-0.2, -0.15) is 13.2 Å². The minimum Gasteiger partial charge on any atom is -0.294 e. The van der Waals surface area contributed by atoms with Crippen LogP contribution in [0.3, 0.4) is 0 Å². The number of unbranched alkanes of at least 4 members (excludes halogenated alkanes) is 1. The number of alkyl halides is 3. The molecule has 4 nitrogen and oxygen atoms in total. The van der Waals surface area contributed by atoms with Crippen LogP contribution in [-0.4, -0.2) is 16.6 Å². The summed E-state index contributed by atoms with van der Waals surface area (Å²) < 4.78 is 36.9. The summed E-state index contributed by atoms with van der Waals surface area (Å²) in [5, 5.41) is 0.538. The van der Waals surface area contributed by atoms with Gasteiger partial charge in [-0.15, -0.1) is 11.8 Å². The monoisotopic (exact) mass is 293 g/mol. The summed E-state index contributed by atoms with van der Waals surface area (Å²) in [6.45, 7) is 0. The van der Waals surface area contributed by atoms with Gasteiger partial charge >= 0.3 is 6.18 Å². The Kier molecular flexibility index (Phi) is 6.10. The fourth-order valence-corrected chi connectivity index (χ4v) is 2.12. The topological polar surface area (TPSA) is 68.0 Å². The number of hydrazine groups is 1. The molecular weight excluding hydrogens is 279 g/mol. The standard InChI is InChI=1S/C11H14F3N3OS/c12-11(13,14)8-4-5-10(16-7-8)19-6-2-1-3-9(18)17-15/h4-5,7H,1-3,6,15H2,(H,17,18).